The zero-order valence-electron chi connectivity index (χ0n) is 6.04. The maximum Gasteiger partial charge on any atom is 0.110 e. The third kappa shape index (κ3) is 1.21. The van der Waals surface area contributed by atoms with Gasteiger partial charge in [-0.1, -0.05) is 23.4 Å². The predicted octanol–water partition coefficient (Wildman–Crippen LogP) is 3.00. The van der Waals surface area contributed by atoms with E-state index in [1.807, 2.05) is 25.2 Å². The number of nitrogens with zero attached hydrogens (tertiary/aromatic N) is 1. The number of anilines is 1. The van der Waals surface area contributed by atoms with Gasteiger partial charge in [-0.2, -0.15) is 0 Å². The molecule has 0 amide bonds. The third-order valence-electron chi connectivity index (χ3n) is 1.64. The molecule has 1 aliphatic heterocycles. The van der Waals surface area contributed by atoms with Gasteiger partial charge in [0.25, 0.3) is 0 Å². The number of thioether (sulfide) groups is 1. The molecule has 0 atom stereocenters. The summed E-state index contributed by atoms with van der Waals surface area (Å²) in [6.45, 7) is 0. The molecule has 2 rings (SSSR count). The SMILES string of the molecule is CN1[CH]Sc2ccc(Cl)cc21. The summed E-state index contributed by atoms with van der Waals surface area (Å²) in [5, 5.41) is 0.798. The van der Waals surface area contributed by atoms with Crippen LogP contribution in [0, 0.1) is 5.88 Å². The topological polar surface area (TPSA) is 3.24 Å². The molecular formula is C8H7ClNS. The van der Waals surface area contributed by atoms with Crippen LogP contribution in [0.15, 0.2) is 23.1 Å². The molecule has 0 bridgehead atoms. The highest BCUT2D eigenvalue weighted by Gasteiger charge is 2.16. The Bertz CT molecular complexity index is 287. The Morgan fingerprint density at radius 1 is 1.45 bits per heavy atom. The van der Waals surface area contributed by atoms with Gasteiger partial charge in [0.2, 0.25) is 0 Å². The molecule has 0 aromatic heterocycles. The van der Waals surface area contributed by atoms with Crippen molar-refractivity contribution in [2.45, 2.75) is 4.90 Å². The lowest BCUT2D eigenvalue weighted by Gasteiger charge is -2.09. The first-order chi connectivity index (χ1) is 5.27. The lowest BCUT2D eigenvalue weighted by atomic mass is 10.3. The van der Waals surface area contributed by atoms with Crippen LogP contribution in [0.2, 0.25) is 5.02 Å². The van der Waals surface area contributed by atoms with Crippen molar-refractivity contribution < 1.29 is 0 Å². The Morgan fingerprint density at radius 3 is 3.09 bits per heavy atom. The van der Waals surface area contributed by atoms with Crippen LogP contribution in [0.25, 0.3) is 0 Å². The molecule has 11 heavy (non-hydrogen) atoms. The van der Waals surface area contributed by atoms with Crippen molar-refractivity contribution in [3.05, 3.63) is 29.1 Å². The van der Waals surface area contributed by atoms with Gasteiger partial charge in [-0.15, -0.1) is 0 Å². The van der Waals surface area contributed by atoms with E-state index < -0.39 is 0 Å². The minimum absolute atomic E-state index is 0.798. The largest absolute Gasteiger partial charge is 0.359 e. The van der Waals surface area contributed by atoms with Gasteiger partial charge in [0, 0.05) is 17.0 Å². The van der Waals surface area contributed by atoms with Gasteiger partial charge < -0.3 is 4.90 Å². The van der Waals surface area contributed by atoms with Crippen LogP contribution in [0.3, 0.4) is 0 Å². The van der Waals surface area contributed by atoms with Crippen LogP contribution < -0.4 is 4.90 Å². The second-order valence-corrected chi connectivity index (χ2v) is 3.77. The van der Waals surface area contributed by atoms with Crippen LogP contribution in [0.5, 0.6) is 0 Å². The molecular weight excluding hydrogens is 178 g/mol. The van der Waals surface area contributed by atoms with E-state index in [2.05, 4.69) is 10.8 Å². The fraction of sp³-hybridized carbons (Fsp3) is 0.125. The predicted molar refractivity (Wildman–Crippen MR) is 50.0 cm³/mol. The first-order valence-corrected chi connectivity index (χ1v) is 4.55. The van der Waals surface area contributed by atoms with E-state index in [1.54, 1.807) is 11.8 Å². The number of hydrogen-bond acceptors (Lipinski definition) is 2. The van der Waals surface area contributed by atoms with E-state index in [0.29, 0.717) is 0 Å². The average molecular weight is 185 g/mol. The van der Waals surface area contributed by atoms with Gasteiger partial charge in [0.1, 0.15) is 5.88 Å². The van der Waals surface area contributed by atoms with Crippen molar-refractivity contribution in [3.8, 4) is 0 Å². The fourth-order valence-corrected chi connectivity index (χ4v) is 2.08. The molecule has 1 aromatic rings. The van der Waals surface area contributed by atoms with Crippen LogP contribution >= 0.6 is 23.4 Å². The smallest absolute Gasteiger partial charge is 0.110 e. The van der Waals surface area contributed by atoms with Gasteiger partial charge in [0.05, 0.1) is 5.69 Å². The number of fused-ring (bicyclic) bond motifs is 1. The second kappa shape index (κ2) is 2.61. The molecule has 0 aliphatic carbocycles. The maximum absolute atomic E-state index is 5.84. The van der Waals surface area contributed by atoms with Crippen LogP contribution in [0.1, 0.15) is 0 Å². The zero-order valence-corrected chi connectivity index (χ0v) is 7.62. The minimum Gasteiger partial charge on any atom is -0.359 e. The lowest BCUT2D eigenvalue weighted by Crippen LogP contribution is -2.05. The average Bonchev–Trinajstić information content (AvgIpc) is 2.33. The van der Waals surface area contributed by atoms with E-state index in [1.165, 1.54) is 10.6 Å². The molecule has 1 radical (unpaired) electrons. The second-order valence-electron chi connectivity index (χ2n) is 2.45. The van der Waals surface area contributed by atoms with Gasteiger partial charge >= 0.3 is 0 Å². The Hall–Kier alpha value is -0.340. The summed E-state index contributed by atoms with van der Waals surface area (Å²) in [7, 11) is 2.02. The Labute approximate surface area is 75.3 Å². The van der Waals surface area contributed by atoms with Crippen molar-refractivity contribution in [1.82, 2.24) is 0 Å². The van der Waals surface area contributed by atoms with Crippen molar-refractivity contribution in [1.29, 1.82) is 0 Å². The molecule has 3 heteroatoms. The molecule has 57 valence electrons. The quantitative estimate of drug-likeness (QED) is 0.610. The Kier molecular flexibility index (Phi) is 1.74. The lowest BCUT2D eigenvalue weighted by molar-refractivity contribution is 1.17. The molecule has 0 spiro atoms. The van der Waals surface area contributed by atoms with Crippen molar-refractivity contribution in [3.63, 3.8) is 0 Å². The van der Waals surface area contributed by atoms with E-state index in [9.17, 15) is 0 Å². The summed E-state index contributed by atoms with van der Waals surface area (Å²) < 4.78 is 0. The number of hydrogen-bond donors (Lipinski definition) is 0. The van der Waals surface area contributed by atoms with E-state index in [0.717, 1.165) is 5.02 Å². The number of rotatable bonds is 0. The Morgan fingerprint density at radius 2 is 2.27 bits per heavy atom. The summed E-state index contributed by atoms with van der Waals surface area (Å²) >= 11 is 7.57. The van der Waals surface area contributed by atoms with Crippen LogP contribution in [0.4, 0.5) is 5.69 Å². The first kappa shape index (κ1) is 7.32. The molecule has 0 saturated heterocycles. The molecule has 1 nitrogen and oxygen atoms in total. The monoisotopic (exact) mass is 184 g/mol. The van der Waals surface area contributed by atoms with Crippen molar-refractivity contribution in [2.75, 3.05) is 11.9 Å². The Balaban J connectivity index is 2.52. The number of halogens is 1. The van der Waals surface area contributed by atoms with Crippen LogP contribution in [-0.2, 0) is 0 Å². The minimum atomic E-state index is 0.798. The van der Waals surface area contributed by atoms with Gasteiger partial charge in [-0.3, -0.25) is 0 Å². The van der Waals surface area contributed by atoms with Gasteiger partial charge in [-0.25, -0.2) is 0 Å². The molecule has 0 saturated carbocycles. The van der Waals surface area contributed by atoms with E-state index >= 15 is 0 Å². The summed E-state index contributed by atoms with van der Waals surface area (Å²) in [5.74, 6) is 2.07. The molecule has 0 fully saturated rings. The normalized spacial score (nSPS) is 15.3. The molecule has 0 N–H and O–H groups in total. The van der Waals surface area contributed by atoms with Crippen LogP contribution in [-0.4, -0.2) is 7.05 Å². The summed E-state index contributed by atoms with van der Waals surface area (Å²) in [6.07, 6.45) is 0. The highest BCUT2D eigenvalue weighted by molar-refractivity contribution is 8.01. The fourth-order valence-electron chi connectivity index (χ4n) is 1.06. The zero-order chi connectivity index (χ0) is 7.84. The summed E-state index contributed by atoms with van der Waals surface area (Å²) in [6, 6.07) is 5.94. The van der Waals surface area contributed by atoms with Crippen molar-refractivity contribution >= 4 is 29.1 Å². The van der Waals surface area contributed by atoms with Crippen molar-refractivity contribution in [2.24, 2.45) is 0 Å². The third-order valence-corrected chi connectivity index (χ3v) is 2.89. The number of benzene rings is 1. The maximum atomic E-state index is 5.84. The molecule has 1 aliphatic rings. The summed E-state index contributed by atoms with van der Waals surface area (Å²) in [4.78, 5) is 3.35. The van der Waals surface area contributed by atoms with Gasteiger partial charge in [-0.05, 0) is 18.2 Å². The standard InChI is InChI=1S/C8H7ClNS/c1-10-5-11-8-3-2-6(9)4-7(8)10/h2-5H,1H3. The highest BCUT2D eigenvalue weighted by atomic mass is 35.5. The summed E-state index contributed by atoms with van der Waals surface area (Å²) in [5.41, 5.74) is 1.20. The molecule has 0 unspecified atom stereocenters. The van der Waals surface area contributed by atoms with E-state index in [-0.39, 0.29) is 0 Å². The first-order valence-electron chi connectivity index (χ1n) is 3.30. The molecule has 1 aromatic carbocycles. The highest BCUT2D eigenvalue weighted by Crippen LogP contribution is 2.41. The van der Waals surface area contributed by atoms with Gasteiger partial charge in [0.15, 0.2) is 0 Å². The van der Waals surface area contributed by atoms with E-state index in [4.69, 9.17) is 11.6 Å². The molecule has 1 heterocycles.